The fraction of sp³-hybridized carbons (Fsp3) is 0.133. The Morgan fingerprint density at radius 3 is 2.19 bits per heavy atom. The number of hydrogen-bond donors (Lipinski definition) is 3. The van der Waals surface area contributed by atoms with Gasteiger partial charge in [-0.25, -0.2) is 4.39 Å². The highest BCUT2D eigenvalue weighted by Gasteiger charge is 1.95. The predicted molar refractivity (Wildman–Crippen MR) is 83.7 cm³/mol. The van der Waals surface area contributed by atoms with Crippen LogP contribution < -0.4 is 10.5 Å². The fourth-order valence-corrected chi connectivity index (χ4v) is 1.89. The van der Waals surface area contributed by atoms with E-state index in [1.54, 1.807) is 12.1 Å². The summed E-state index contributed by atoms with van der Waals surface area (Å²) in [6.45, 7) is 1.77. The van der Waals surface area contributed by atoms with E-state index in [9.17, 15) is 9.18 Å². The number of nitrogens with one attached hydrogen (secondary N) is 1. The van der Waals surface area contributed by atoms with Crippen molar-refractivity contribution >= 4 is 23.6 Å². The molecule has 0 amide bonds. The molecule has 0 fully saturated rings. The van der Waals surface area contributed by atoms with Gasteiger partial charge in [-0.1, -0.05) is 17.7 Å². The van der Waals surface area contributed by atoms with Crippen molar-refractivity contribution in [2.75, 3.05) is 11.3 Å². The maximum absolute atomic E-state index is 12.7. The van der Waals surface area contributed by atoms with Gasteiger partial charge in [0.2, 0.25) is 0 Å². The van der Waals surface area contributed by atoms with Crippen LogP contribution in [-0.2, 0) is 4.79 Å². The average molecular weight is 308 g/mol. The molecule has 0 atom stereocenters. The van der Waals surface area contributed by atoms with Crippen LogP contribution in [0.4, 0.5) is 10.1 Å². The van der Waals surface area contributed by atoms with Crippen LogP contribution in [0, 0.1) is 12.7 Å². The largest absolute Gasteiger partial charge is 0.480 e. The SMILES string of the molecule is Cc1ccc(NSc2ccc(F)cc2)cc1.NCC(=O)O. The Morgan fingerprint density at radius 2 is 1.71 bits per heavy atom. The van der Waals surface area contributed by atoms with Crippen molar-refractivity contribution in [2.45, 2.75) is 11.8 Å². The maximum Gasteiger partial charge on any atom is 0.317 e. The van der Waals surface area contributed by atoms with E-state index in [-0.39, 0.29) is 12.4 Å². The van der Waals surface area contributed by atoms with Crippen molar-refractivity contribution in [3.8, 4) is 0 Å². The van der Waals surface area contributed by atoms with E-state index in [1.807, 2.05) is 24.3 Å². The number of anilines is 1. The molecule has 0 heterocycles. The molecule has 4 nitrogen and oxygen atoms in total. The van der Waals surface area contributed by atoms with Crippen LogP contribution in [0.15, 0.2) is 53.4 Å². The molecule has 0 saturated heterocycles. The number of carboxylic acids is 1. The minimum Gasteiger partial charge on any atom is -0.480 e. The first kappa shape index (κ1) is 17.0. The van der Waals surface area contributed by atoms with E-state index < -0.39 is 5.97 Å². The Balaban J connectivity index is 0.000000383. The molecule has 0 saturated carbocycles. The molecule has 112 valence electrons. The lowest BCUT2D eigenvalue weighted by atomic mass is 10.2. The first-order valence-electron chi connectivity index (χ1n) is 6.18. The van der Waals surface area contributed by atoms with E-state index in [0.717, 1.165) is 10.6 Å². The maximum atomic E-state index is 12.7. The molecule has 0 aromatic heterocycles. The van der Waals surface area contributed by atoms with Crippen molar-refractivity contribution in [3.05, 3.63) is 59.9 Å². The summed E-state index contributed by atoms with van der Waals surface area (Å²) in [5.74, 6) is -1.18. The third-order valence-corrected chi connectivity index (χ3v) is 3.17. The highest BCUT2D eigenvalue weighted by molar-refractivity contribution is 8.00. The van der Waals surface area contributed by atoms with Crippen LogP contribution in [0.5, 0.6) is 0 Å². The van der Waals surface area contributed by atoms with E-state index in [0.29, 0.717) is 0 Å². The third-order valence-electron chi connectivity index (χ3n) is 2.33. The molecular formula is C15H17FN2O2S. The topological polar surface area (TPSA) is 75.3 Å². The molecule has 21 heavy (non-hydrogen) atoms. The van der Waals surface area contributed by atoms with Gasteiger partial charge in [0.15, 0.2) is 0 Å². The molecule has 0 aliphatic carbocycles. The molecule has 0 aliphatic rings. The number of benzene rings is 2. The molecule has 4 N–H and O–H groups in total. The first-order chi connectivity index (χ1) is 10.0. The number of aryl methyl sites for hydroxylation is 1. The average Bonchev–Trinajstić information content (AvgIpc) is 2.49. The van der Waals surface area contributed by atoms with Crippen molar-refractivity contribution in [1.29, 1.82) is 0 Å². The van der Waals surface area contributed by atoms with Gasteiger partial charge in [-0.2, -0.15) is 0 Å². The van der Waals surface area contributed by atoms with E-state index in [4.69, 9.17) is 5.11 Å². The summed E-state index contributed by atoms with van der Waals surface area (Å²) in [6, 6.07) is 14.6. The number of aliphatic carboxylic acids is 1. The van der Waals surface area contributed by atoms with Crippen LogP contribution in [-0.4, -0.2) is 17.6 Å². The van der Waals surface area contributed by atoms with Crippen LogP contribution in [0.2, 0.25) is 0 Å². The van der Waals surface area contributed by atoms with Gasteiger partial charge in [0, 0.05) is 10.6 Å². The predicted octanol–water partition coefficient (Wildman–Crippen LogP) is 3.28. The van der Waals surface area contributed by atoms with Crippen LogP contribution in [0.1, 0.15) is 5.56 Å². The summed E-state index contributed by atoms with van der Waals surface area (Å²) in [7, 11) is 0. The monoisotopic (exact) mass is 308 g/mol. The number of carbonyl (C=O) groups is 1. The minimum absolute atomic E-state index is 0.209. The lowest BCUT2D eigenvalue weighted by Crippen LogP contribution is -2.10. The Kier molecular flexibility index (Phi) is 7.28. The summed E-state index contributed by atoms with van der Waals surface area (Å²) >= 11 is 1.47. The number of nitrogens with two attached hydrogens (primary N) is 1. The summed E-state index contributed by atoms with van der Waals surface area (Å²) in [4.78, 5) is 10.2. The van der Waals surface area contributed by atoms with Crippen LogP contribution in [0.3, 0.4) is 0 Å². The Morgan fingerprint density at radius 1 is 1.19 bits per heavy atom. The molecule has 0 radical (unpaired) electrons. The van der Waals surface area contributed by atoms with Crippen molar-refractivity contribution in [1.82, 2.24) is 0 Å². The zero-order valence-electron chi connectivity index (χ0n) is 11.5. The lowest BCUT2D eigenvalue weighted by molar-refractivity contribution is -0.135. The molecule has 6 heteroatoms. The molecule has 0 bridgehead atoms. The molecule has 2 aromatic rings. The summed E-state index contributed by atoms with van der Waals surface area (Å²) in [5, 5.41) is 7.60. The Labute approximate surface area is 127 Å². The van der Waals surface area contributed by atoms with E-state index >= 15 is 0 Å². The van der Waals surface area contributed by atoms with Crippen LogP contribution >= 0.6 is 11.9 Å². The van der Waals surface area contributed by atoms with E-state index in [1.165, 1.54) is 29.6 Å². The van der Waals surface area contributed by atoms with Gasteiger partial charge in [-0.15, -0.1) is 0 Å². The lowest BCUT2D eigenvalue weighted by Gasteiger charge is -2.05. The molecule has 0 unspecified atom stereocenters. The van der Waals surface area contributed by atoms with Gasteiger partial charge in [0.25, 0.3) is 0 Å². The standard InChI is InChI=1S/C13H12FNS.C2H5NO2/c1-10-2-6-12(7-3-10)15-16-13-8-4-11(14)5-9-13;3-1-2(4)5/h2-9,15H,1H3;1,3H2,(H,4,5). The molecule has 2 aromatic carbocycles. The second-order valence-corrected chi connectivity index (χ2v) is 5.00. The first-order valence-corrected chi connectivity index (χ1v) is 7.00. The second kappa shape index (κ2) is 8.99. The van der Waals surface area contributed by atoms with Gasteiger partial charge in [0.1, 0.15) is 5.82 Å². The zero-order valence-corrected chi connectivity index (χ0v) is 12.4. The van der Waals surface area contributed by atoms with Crippen LogP contribution in [0.25, 0.3) is 0 Å². The number of rotatable bonds is 4. The molecule has 0 aliphatic heterocycles. The molecular weight excluding hydrogens is 291 g/mol. The normalized spacial score (nSPS) is 9.48. The Bertz CT molecular complexity index is 513. The number of halogens is 1. The molecule has 2 rings (SSSR count). The summed E-state index contributed by atoms with van der Waals surface area (Å²) < 4.78 is 15.9. The van der Waals surface area contributed by atoms with Gasteiger partial charge in [-0.3, -0.25) is 4.79 Å². The van der Waals surface area contributed by atoms with Gasteiger partial charge >= 0.3 is 5.97 Å². The minimum atomic E-state index is -0.968. The van der Waals surface area contributed by atoms with Gasteiger partial charge in [-0.05, 0) is 55.3 Å². The Hall–Kier alpha value is -2.05. The van der Waals surface area contributed by atoms with Crippen molar-refractivity contribution < 1.29 is 14.3 Å². The highest BCUT2D eigenvalue weighted by Crippen LogP contribution is 2.21. The number of hydrogen-bond acceptors (Lipinski definition) is 4. The molecule has 0 spiro atoms. The highest BCUT2D eigenvalue weighted by atomic mass is 32.2. The summed E-state index contributed by atoms with van der Waals surface area (Å²) in [5.41, 5.74) is 6.85. The van der Waals surface area contributed by atoms with Crippen molar-refractivity contribution in [2.24, 2.45) is 5.73 Å². The quantitative estimate of drug-likeness (QED) is 0.756. The fourth-order valence-electron chi connectivity index (χ4n) is 1.24. The van der Waals surface area contributed by atoms with E-state index in [2.05, 4.69) is 17.4 Å². The third kappa shape index (κ3) is 7.34. The van der Waals surface area contributed by atoms with Crippen molar-refractivity contribution in [3.63, 3.8) is 0 Å². The van der Waals surface area contributed by atoms with Gasteiger partial charge < -0.3 is 15.6 Å². The second-order valence-electron chi connectivity index (χ2n) is 4.12. The smallest absolute Gasteiger partial charge is 0.317 e. The zero-order chi connectivity index (χ0) is 15.7. The van der Waals surface area contributed by atoms with Gasteiger partial charge in [0.05, 0.1) is 6.54 Å². The number of carboxylic acid groups (broad SMARTS) is 1. The summed E-state index contributed by atoms with van der Waals surface area (Å²) in [6.07, 6.45) is 0.